The molecule has 12 heavy (non-hydrogen) atoms. The Morgan fingerprint density at radius 3 is 2.58 bits per heavy atom. The molecule has 0 aromatic heterocycles. The Balaban J connectivity index is 4.04. The van der Waals surface area contributed by atoms with E-state index in [0.29, 0.717) is 5.92 Å². The molecule has 0 aromatic rings. The van der Waals surface area contributed by atoms with Crippen molar-refractivity contribution in [3.05, 3.63) is 24.0 Å². The SMILES string of the molecule is C/C=C\N/C(=C\C=O)CC(C)C. The van der Waals surface area contributed by atoms with Crippen LogP contribution in [0.25, 0.3) is 0 Å². The number of allylic oxidation sites excluding steroid dienone is 3. The van der Waals surface area contributed by atoms with Crippen molar-refractivity contribution in [2.45, 2.75) is 27.2 Å². The van der Waals surface area contributed by atoms with Gasteiger partial charge < -0.3 is 5.32 Å². The second-order valence-corrected chi connectivity index (χ2v) is 3.07. The lowest BCUT2D eigenvalue weighted by Crippen LogP contribution is -2.07. The summed E-state index contributed by atoms with van der Waals surface area (Å²) in [5.74, 6) is 0.564. The minimum absolute atomic E-state index is 0.564. The van der Waals surface area contributed by atoms with Crippen LogP contribution < -0.4 is 5.32 Å². The van der Waals surface area contributed by atoms with E-state index in [4.69, 9.17) is 0 Å². The summed E-state index contributed by atoms with van der Waals surface area (Å²) in [6.45, 7) is 6.17. The van der Waals surface area contributed by atoms with Gasteiger partial charge in [-0.05, 0) is 31.5 Å². The first-order valence-electron chi connectivity index (χ1n) is 4.22. The maximum Gasteiger partial charge on any atom is 0.144 e. The van der Waals surface area contributed by atoms with E-state index in [9.17, 15) is 4.79 Å². The molecular weight excluding hydrogens is 150 g/mol. The molecule has 0 aliphatic carbocycles. The lowest BCUT2D eigenvalue weighted by Gasteiger charge is -2.08. The summed E-state index contributed by atoms with van der Waals surface area (Å²) in [6, 6.07) is 0. The smallest absolute Gasteiger partial charge is 0.144 e. The second kappa shape index (κ2) is 6.65. The van der Waals surface area contributed by atoms with E-state index in [-0.39, 0.29) is 0 Å². The standard InChI is InChI=1S/C10H17NO/c1-4-6-11-10(5-7-12)8-9(2)3/h4-7,9,11H,8H2,1-3H3/b6-4-,10-5-. The van der Waals surface area contributed by atoms with Crippen molar-refractivity contribution in [1.82, 2.24) is 5.32 Å². The first kappa shape index (κ1) is 11.0. The molecule has 0 saturated heterocycles. The first-order chi connectivity index (χ1) is 5.70. The van der Waals surface area contributed by atoms with E-state index in [2.05, 4.69) is 19.2 Å². The van der Waals surface area contributed by atoms with Gasteiger partial charge in [-0.3, -0.25) is 4.79 Å². The Kier molecular flexibility index (Phi) is 6.07. The molecule has 0 rings (SSSR count). The number of carbonyl (C=O) groups is 1. The molecule has 0 aliphatic heterocycles. The molecule has 1 N–H and O–H groups in total. The van der Waals surface area contributed by atoms with Crippen LogP contribution in [0.4, 0.5) is 0 Å². The molecular formula is C10H17NO. The van der Waals surface area contributed by atoms with Gasteiger partial charge in [-0.15, -0.1) is 0 Å². The molecule has 0 unspecified atom stereocenters. The molecule has 0 saturated carbocycles. The Hall–Kier alpha value is -1.05. The Morgan fingerprint density at radius 2 is 2.17 bits per heavy atom. The van der Waals surface area contributed by atoms with E-state index < -0.39 is 0 Å². The van der Waals surface area contributed by atoms with Crippen molar-refractivity contribution in [2.24, 2.45) is 5.92 Å². The van der Waals surface area contributed by atoms with Crippen molar-refractivity contribution < 1.29 is 4.79 Å². The summed E-state index contributed by atoms with van der Waals surface area (Å²) in [5.41, 5.74) is 0.970. The third-order valence-electron chi connectivity index (χ3n) is 1.33. The molecule has 0 bridgehead atoms. The summed E-state index contributed by atoms with van der Waals surface area (Å²) in [6.07, 6.45) is 7.02. The highest BCUT2D eigenvalue weighted by Gasteiger charge is 1.97. The second-order valence-electron chi connectivity index (χ2n) is 3.07. The van der Waals surface area contributed by atoms with Crippen LogP contribution in [-0.2, 0) is 4.79 Å². The van der Waals surface area contributed by atoms with Crippen molar-refractivity contribution in [1.29, 1.82) is 0 Å². The highest BCUT2D eigenvalue weighted by atomic mass is 16.1. The molecule has 0 atom stereocenters. The first-order valence-corrected chi connectivity index (χ1v) is 4.22. The van der Waals surface area contributed by atoms with Crippen LogP contribution in [0, 0.1) is 5.92 Å². The summed E-state index contributed by atoms with van der Waals surface area (Å²) < 4.78 is 0. The third kappa shape index (κ3) is 5.71. The number of nitrogens with one attached hydrogen (secondary N) is 1. The molecule has 2 nitrogen and oxygen atoms in total. The summed E-state index contributed by atoms with van der Waals surface area (Å²) in [4.78, 5) is 10.2. The molecule has 0 aliphatic rings. The zero-order valence-corrected chi connectivity index (χ0v) is 8.00. The van der Waals surface area contributed by atoms with E-state index in [1.54, 1.807) is 6.08 Å². The van der Waals surface area contributed by atoms with Gasteiger partial charge >= 0.3 is 0 Å². The summed E-state index contributed by atoms with van der Waals surface area (Å²) in [7, 11) is 0. The maximum absolute atomic E-state index is 10.2. The number of aldehydes is 1. The Labute approximate surface area is 74.4 Å². The molecule has 0 spiro atoms. The molecule has 68 valence electrons. The predicted octanol–water partition coefficient (Wildman–Crippen LogP) is 2.24. The topological polar surface area (TPSA) is 29.1 Å². The van der Waals surface area contributed by atoms with Crippen LogP contribution in [-0.4, -0.2) is 6.29 Å². The van der Waals surface area contributed by atoms with Crippen molar-refractivity contribution in [3.63, 3.8) is 0 Å². The summed E-state index contributed by atoms with van der Waals surface area (Å²) >= 11 is 0. The normalized spacial score (nSPS) is 12.5. The molecule has 2 heteroatoms. The van der Waals surface area contributed by atoms with Gasteiger partial charge in [-0.2, -0.15) is 0 Å². The van der Waals surface area contributed by atoms with Gasteiger partial charge in [0.05, 0.1) is 0 Å². The van der Waals surface area contributed by atoms with Crippen molar-refractivity contribution in [2.75, 3.05) is 0 Å². The van der Waals surface area contributed by atoms with Crippen molar-refractivity contribution in [3.8, 4) is 0 Å². The fourth-order valence-corrected chi connectivity index (χ4v) is 0.887. The average molecular weight is 167 g/mol. The van der Waals surface area contributed by atoms with E-state index in [1.807, 2.05) is 19.2 Å². The Bertz CT molecular complexity index is 180. The third-order valence-corrected chi connectivity index (χ3v) is 1.33. The molecule has 0 fully saturated rings. The quantitative estimate of drug-likeness (QED) is 0.502. The van der Waals surface area contributed by atoms with E-state index in [1.165, 1.54) is 0 Å². The molecule has 0 aromatic carbocycles. The largest absolute Gasteiger partial charge is 0.365 e. The van der Waals surface area contributed by atoms with Gasteiger partial charge in [0.2, 0.25) is 0 Å². The fraction of sp³-hybridized carbons (Fsp3) is 0.500. The average Bonchev–Trinajstić information content (AvgIpc) is 2.00. The van der Waals surface area contributed by atoms with Crippen molar-refractivity contribution >= 4 is 6.29 Å². The molecule has 0 heterocycles. The lowest BCUT2D eigenvalue weighted by atomic mass is 10.1. The molecule has 0 amide bonds. The van der Waals surface area contributed by atoms with Crippen LogP contribution in [0.15, 0.2) is 24.0 Å². The number of hydrogen-bond donors (Lipinski definition) is 1. The van der Waals surface area contributed by atoms with Gasteiger partial charge in [-0.1, -0.05) is 19.9 Å². The summed E-state index contributed by atoms with van der Waals surface area (Å²) in [5, 5.41) is 3.05. The highest BCUT2D eigenvalue weighted by molar-refractivity contribution is 5.65. The van der Waals surface area contributed by atoms with Gasteiger partial charge in [0, 0.05) is 5.70 Å². The highest BCUT2D eigenvalue weighted by Crippen LogP contribution is 2.06. The lowest BCUT2D eigenvalue weighted by molar-refractivity contribution is -0.104. The maximum atomic E-state index is 10.2. The Morgan fingerprint density at radius 1 is 1.50 bits per heavy atom. The monoisotopic (exact) mass is 167 g/mol. The number of hydrogen-bond acceptors (Lipinski definition) is 2. The minimum atomic E-state index is 0.564. The van der Waals surface area contributed by atoms with Crippen LogP contribution in [0.3, 0.4) is 0 Å². The number of carbonyl (C=O) groups excluding carboxylic acids is 1. The fourth-order valence-electron chi connectivity index (χ4n) is 0.887. The number of rotatable bonds is 5. The zero-order chi connectivity index (χ0) is 9.40. The van der Waals surface area contributed by atoms with Gasteiger partial charge in [0.15, 0.2) is 0 Å². The van der Waals surface area contributed by atoms with Gasteiger partial charge in [0.1, 0.15) is 6.29 Å². The van der Waals surface area contributed by atoms with Crippen LogP contribution in [0.2, 0.25) is 0 Å². The van der Waals surface area contributed by atoms with Crippen LogP contribution in [0.5, 0.6) is 0 Å². The van der Waals surface area contributed by atoms with E-state index in [0.717, 1.165) is 18.4 Å². The van der Waals surface area contributed by atoms with Gasteiger partial charge in [-0.25, -0.2) is 0 Å². The zero-order valence-electron chi connectivity index (χ0n) is 8.00. The van der Waals surface area contributed by atoms with Crippen LogP contribution in [0.1, 0.15) is 27.2 Å². The van der Waals surface area contributed by atoms with Gasteiger partial charge in [0.25, 0.3) is 0 Å². The predicted molar refractivity (Wildman–Crippen MR) is 51.6 cm³/mol. The minimum Gasteiger partial charge on any atom is -0.365 e. The van der Waals surface area contributed by atoms with E-state index >= 15 is 0 Å². The van der Waals surface area contributed by atoms with Crippen LogP contribution >= 0.6 is 0 Å². The molecule has 0 radical (unpaired) electrons.